The van der Waals surface area contributed by atoms with Gasteiger partial charge >= 0.3 is 5.97 Å². The minimum absolute atomic E-state index is 0.0653. The lowest BCUT2D eigenvalue weighted by molar-refractivity contribution is -0.142. The van der Waals surface area contributed by atoms with Crippen molar-refractivity contribution in [2.45, 2.75) is 94.5 Å². The van der Waals surface area contributed by atoms with Crippen molar-refractivity contribution < 1.29 is 39.0 Å². The van der Waals surface area contributed by atoms with E-state index in [1.165, 1.54) is 24.0 Å². The molecule has 0 aliphatic carbocycles. The van der Waals surface area contributed by atoms with Gasteiger partial charge in [0.15, 0.2) is 0 Å². The maximum atomic E-state index is 14.3. The van der Waals surface area contributed by atoms with Gasteiger partial charge in [-0.2, -0.15) is 0 Å². The molecule has 0 aromatic heterocycles. The molecule has 1 aliphatic heterocycles. The third-order valence-corrected chi connectivity index (χ3v) is 9.69. The number of hydrogen-bond acceptors (Lipinski definition) is 9. The molecule has 1 heterocycles. The monoisotopic (exact) mass is 771 g/mol. The summed E-state index contributed by atoms with van der Waals surface area (Å²) in [4.78, 5) is 81.5. The predicted molar refractivity (Wildman–Crippen MR) is 209 cm³/mol. The third-order valence-electron chi connectivity index (χ3n) is 9.69. The molecule has 0 bridgehead atoms. The van der Waals surface area contributed by atoms with Crippen LogP contribution in [0.15, 0.2) is 84.9 Å². The number of rotatable bonds is 20. The van der Waals surface area contributed by atoms with Crippen LogP contribution in [0, 0.1) is 0 Å². The Bertz CT molecular complexity index is 1780. The SMILES string of the molecule is C[C@H](NC(=O)[C@H](Cc1ccccc1)NC(=O)[C@@H]1CCCN1C(=O)[C@H](Cc1ccccc1)NC(=O)[C@@H](N)Cc1ccc(O)cc1)C(=O)N[C@@H](CCCCN)C(=O)O. The van der Waals surface area contributed by atoms with Crippen molar-refractivity contribution in [3.63, 3.8) is 0 Å². The molecule has 5 amide bonds. The Hall–Kier alpha value is -5.80. The van der Waals surface area contributed by atoms with Gasteiger partial charge in [0, 0.05) is 19.4 Å². The molecule has 15 nitrogen and oxygen atoms in total. The number of aromatic hydroxyl groups is 1. The molecule has 3 aromatic rings. The molecule has 0 unspecified atom stereocenters. The van der Waals surface area contributed by atoms with Crippen molar-refractivity contribution in [3.8, 4) is 5.75 Å². The second-order valence-corrected chi connectivity index (χ2v) is 14.1. The van der Waals surface area contributed by atoms with Gasteiger partial charge in [-0.3, -0.25) is 24.0 Å². The van der Waals surface area contributed by atoms with Gasteiger partial charge in [-0.1, -0.05) is 72.8 Å². The summed E-state index contributed by atoms with van der Waals surface area (Å²) in [6.45, 7) is 2.04. The minimum atomic E-state index is -1.21. The summed E-state index contributed by atoms with van der Waals surface area (Å²) in [7, 11) is 0. The zero-order valence-electron chi connectivity index (χ0n) is 31.6. The second-order valence-electron chi connectivity index (χ2n) is 14.1. The lowest BCUT2D eigenvalue weighted by Crippen LogP contribution is -2.59. The fraction of sp³-hybridized carbons (Fsp3) is 0.415. The smallest absolute Gasteiger partial charge is 0.326 e. The van der Waals surface area contributed by atoms with Gasteiger partial charge in [-0.15, -0.1) is 0 Å². The largest absolute Gasteiger partial charge is 0.508 e. The van der Waals surface area contributed by atoms with Crippen molar-refractivity contribution >= 4 is 35.5 Å². The molecule has 300 valence electrons. The summed E-state index contributed by atoms with van der Waals surface area (Å²) in [6, 6.07) is 17.9. The first-order chi connectivity index (χ1) is 26.9. The van der Waals surface area contributed by atoms with Gasteiger partial charge in [0.1, 0.15) is 36.0 Å². The van der Waals surface area contributed by atoms with Crippen LogP contribution >= 0.6 is 0 Å². The highest BCUT2D eigenvalue weighted by atomic mass is 16.4. The molecule has 1 aliphatic rings. The molecule has 0 radical (unpaired) electrons. The fourth-order valence-electron chi connectivity index (χ4n) is 6.56. The number of carboxylic acid groups (broad SMARTS) is 1. The molecule has 3 aromatic carbocycles. The number of benzene rings is 3. The lowest BCUT2D eigenvalue weighted by atomic mass is 10.0. The van der Waals surface area contributed by atoms with Gasteiger partial charge < -0.3 is 47.8 Å². The highest BCUT2D eigenvalue weighted by Crippen LogP contribution is 2.21. The van der Waals surface area contributed by atoms with E-state index in [0.717, 1.165) is 16.7 Å². The van der Waals surface area contributed by atoms with Crippen LogP contribution in [-0.2, 0) is 48.0 Å². The summed E-state index contributed by atoms with van der Waals surface area (Å²) in [5.41, 5.74) is 14.0. The van der Waals surface area contributed by atoms with Crippen molar-refractivity contribution in [2.24, 2.45) is 11.5 Å². The van der Waals surface area contributed by atoms with Crippen molar-refractivity contribution in [3.05, 3.63) is 102 Å². The van der Waals surface area contributed by atoms with Crippen molar-refractivity contribution in [2.75, 3.05) is 13.1 Å². The number of carboxylic acids is 1. The maximum Gasteiger partial charge on any atom is 0.326 e. The number of likely N-dealkylation sites (tertiary alicyclic amines) is 1. The highest BCUT2D eigenvalue weighted by molar-refractivity contribution is 5.96. The third kappa shape index (κ3) is 12.9. The van der Waals surface area contributed by atoms with Crippen LogP contribution in [0.1, 0.15) is 55.7 Å². The Balaban J connectivity index is 1.48. The Kier molecular flexibility index (Phi) is 16.4. The Morgan fingerprint density at radius 3 is 1.88 bits per heavy atom. The minimum Gasteiger partial charge on any atom is -0.508 e. The van der Waals surface area contributed by atoms with Crippen LogP contribution in [0.2, 0.25) is 0 Å². The fourth-order valence-corrected chi connectivity index (χ4v) is 6.56. The number of unbranched alkanes of at least 4 members (excludes halogenated alkanes) is 1. The number of phenols is 1. The standard InChI is InChI=1S/C41H53N7O8/c1-26(36(50)45-32(41(55)56)15-8-9-21-42)44-38(52)33(24-27-11-4-2-5-12-27)46-39(53)35-16-10-22-48(35)40(54)34(25-28-13-6-3-7-14-28)47-37(51)31(43)23-29-17-19-30(49)20-18-29/h2-7,11-14,17-20,26,31-35,49H,8-10,15-16,21-25,42-43H2,1H3,(H,44,52)(H,45,50)(H,46,53)(H,47,51)(H,55,56)/t26-,31-,32-,33-,34-,35-/m0/s1. The van der Waals surface area contributed by atoms with Gasteiger partial charge in [0.05, 0.1) is 6.04 Å². The Labute approximate surface area is 326 Å². The van der Waals surface area contributed by atoms with E-state index >= 15 is 0 Å². The van der Waals surface area contributed by atoms with Crippen LogP contribution in [0.4, 0.5) is 0 Å². The molecule has 0 spiro atoms. The molecule has 1 saturated heterocycles. The van der Waals surface area contributed by atoms with Crippen LogP contribution in [-0.4, -0.2) is 100.0 Å². The number of carbonyl (C=O) groups is 6. The number of aliphatic carboxylic acids is 1. The van der Waals surface area contributed by atoms with E-state index in [1.54, 1.807) is 36.4 Å². The number of carbonyl (C=O) groups excluding carboxylic acids is 5. The number of nitrogens with two attached hydrogens (primary N) is 2. The molecule has 0 saturated carbocycles. The van der Waals surface area contributed by atoms with Crippen LogP contribution in [0.3, 0.4) is 0 Å². The summed E-state index contributed by atoms with van der Waals surface area (Å²) < 4.78 is 0. The molecule has 6 atom stereocenters. The van der Waals surface area contributed by atoms with E-state index in [-0.39, 0.29) is 38.0 Å². The van der Waals surface area contributed by atoms with E-state index in [2.05, 4.69) is 21.3 Å². The predicted octanol–water partition coefficient (Wildman–Crippen LogP) is 0.911. The zero-order chi connectivity index (χ0) is 40.6. The molecular formula is C41H53N7O8. The van der Waals surface area contributed by atoms with E-state index in [1.807, 2.05) is 36.4 Å². The summed E-state index contributed by atoms with van der Waals surface area (Å²) in [5.74, 6) is -4.13. The number of hydrogen-bond donors (Lipinski definition) is 8. The number of nitrogens with one attached hydrogen (secondary N) is 4. The van der Waals surface area contributed by atoms with E-state index in [9.17, 15) is 39.0 Å². The second kappa shape index (κ2) is 21.3. The maximum absolute atomic E-state index is 14.3. The van der Waals surface area contributed by atoms with Gasteiger partial charge in [-0.05, 0) is 80.8 Å². The highest BCUT2D eigenvalue weighted by Gasteiger charge is 2.39. The first-order valence-corrected chi connectivity index (χ1v) is 18.9. The topological polar surface area (TPSA) is 246 Å². The Morgan fingerprint density at radius 2 is 1.29 bits per heavy atom. The van der Waals surface area contributed by atoms with E-state index in [0.29, 0.717) is 32.2 Å². The molecule has 56 heavy (non-hydrogen) atoms. The van der Waals surface area contributed by atoms with E-state index < -0.39 is 71.8 Å². The van der Waals surface area contributed by atoms with Crippen LogP contribution in [0.25, 0.3) is 0 Å². The average Bonchev–Trinajstić information content (AvgIpc) is 3.68. The van der Waals surface area contributed by atoms with Crippen molar-refractivity contribution in [1.29, 1.82) is 0 Å². The summed E-state index contributed by atoms with van der Waals surface area (Å²) in [6.07, 6.45) is 2.43. The van der Waals surface area contributed by atoms with Gasteiger partial charge in [0.25, 0.3) is 0 Å². The average molecular weight is 772 g/mol. The number of amides is 5. The molecule has 4 rings (SSSR count). The van der Waals surface area contributed by atoms with Gasteiger partial charge in [0.2, 0.25) is 29.5 Å². The summed E-state index contributed by atoms with van der Waals surface area (Å²) in [5, 5.41) is 29.9. The van der Waals surface area contributed by atoms with Crippen LogP contribution in [0.5, 0.6) is 5.75 Å². The number of nitrogens with zero attached hydrogens (tertiary/aromatic N) is 1. The molecule has 1 fully saturated rings. The molecular weight excluding hydrogens is 718 g/mol. The van der Waals surface area contributed by atoms with Crippen molar-refractivity contribution in [1.82, 2.24) is 26.2 Å². The summed E-state index contributed by atoms with van der Waals surface area (Å²) >= 11 is 0. The van der Waals surface area contributed by atoms with E-state index in [4.69, 9.17) is 11.5 Å². The normalized spacial score (nSPS) is 16.4. The zero-order valence-corrected chi connectivity index (χ0v) is 31.6. The first kappa shape index (κ1) is 42.9. The molecule has 15 heteroatoms. The van der Waals surface area contributed by atoms with Crippen LogP contribution < -0.4 is 32.7 Å². The quantitative estimate of drug-likeness (QED) is 0.0755. The molecule has 10 N–H and O–H groups in total. The first-order valence-electron chi connectivity index (χ1n) is 18.9. The Morgan fingerprint density at radius 1 is 0.714 bits per heavy atom. The van der Waals surface area contributed by atoms with Gasteiger partial charge in [-0.25, -0.2) is 4.79 Å². The number of phenolic OH excluding ortho intramolecular Hbond substituents is 1. The lowest BCUT2D eigenvalue weighted by Gasteiger charge is -2.30.